The SMILES string of the molecule is CC(NC(=O)c1ccc(/C=C/C(c2cc(Cl)c(F)c(Cl)c2)C(F)(F)F)c2ccccc12)C(=O)NCC(F)(F)F. The number of alkyl halides is 6. The topological polar surface area (TPSA) is 58.2 Å². The second-order valence-electron chi connectivity index (χ2n) is 8.45. The van der Waals surface area contributed by atoms with Crippen molar-refractivity contribution >= 4 is 51.9 Å². The first-order valence-electron chi connectivity index (χ1n) is 11.1. The van der Waals surface area contributed by atoms with Crippen molar-refractivity contribution in [1.82, 2.24) is 10.6 Å². The lowest BCUT2D eigenvalue weighted by molar-refractivity contribution is -0.139. The van der Waals surface area contributed by atoms with Gasteiger partial charge in [-0.3, -0.25) is 9.59 Å². The largest absolute Gasteiger partial charge is 0.405 e. The minimum Gasteiger partial charge on any atom is -0.345 e. The number of hydrogen-bond acceptors (Lipinski definition) is 2. The maximum absolute atomic E-state index is 13.9. The molecule has 3 aromatic rings. The third-order valence-corrected chi connectivity index (χ3v) is 6.14. The second-order valence-corrected chi connectivity index (χ2v) is 9.27. The van der Waals surface area contributed by atoms with Crippen LogP contribution in [0.4, 0.5) is 30.7 Å². The Hall–Kier alpha value is -3.31. The number of benzene rings is 3. The molecule has 2 N–H and O–H groups in total. The average molecular weight is 595 g/mol. The molecule has 0 aromatic heterocycles. The molecule has 0 fully saturated rings. The number of halogens is 9. The summed E-state index contributed by atoms with van der Waals surface area (Å²) in [6.07, 6.45) is -7.38. The Kier molecular flexibility index (Phi) is 9.17. The molecule has 0 spiro atoms. The monoisotopic (exact) mass is 594 g/mol. The van der Waals surface area contributed by atoms with E-state index in [4.69, 9.17) is 23.2 Å². The molecule has 0 bridgehead atoms. The van der Waals surface area contributed by atoms with Gasteiger partial charge in [0.05, 0.1) is 16.0 Å². The van der Waals surface area contributed by atoms with Crippen LogP contribution in [0.2, 0.25) is 10.0 Å². The number of carbonyl (C=O) groups excluding carboxylic acids is 2. The number of fused-ring (bicyclic) bond motifs is 1. The zero-order valence-electron chi connectivity index (χ0n) is 19.9. The van der Waals surface area contributed by atoms with E-state index < -0.39 is 58.5 Å². The van der Waals surface area contributed by atoms with E-state index >= 15 is 0 Å². The zero-order valence-corrected chi connectivity index (χ0v) is 21.4. The molecular formula is C26H19Cl2F7N2O2. The van der Waals surface area contributed by atoms with E-state index in [2.05, 4.69) is 5.32 Å². The highest BCUT2D eigenvalue weighted by molar-refractivity contribution is 6.35. The smallest absolute Gasteiger partial charge is 0.345 e. The molecule has 0 heterocycles. The van der Waals surface area contributed by atoms with Crippen molar-refractivity contribution in [3.63, 3.8) is 0 Å². The van der Waals surface area contributed by atoms with Crippen molar-refractivity contribution in [2.24, 2.45) is 0 Å². The highest BCUT2D eigenvalue weighted by atomic mass is 35.5. The summed E-state index contributed by atoms with van der Waals surface area (Å²) in [5, 5.41) is 3.54. The van der Waals surface area contributed by atoms with E-state index in [9.17, 15) is 40.3 Å². The van der Waals surface area contributed by atoms with Crippen LogP contribution < -0.4 is 10.6 Å². The molecule has 2 amide bonds. The van der Waals surface area contributed by atoms with Crippen LogP contribution in [0.3, 0.4) is 0 Å². The Morgan fingerprint density at radius 3 is 2.10 bits per heavy atom. The fourth-order valence-corrected chi connectivity index (χ4v) is 4.21. The van der Waals surface area contributed by atoms with Gasteiger partial charge in [-0.2, -0.15) is 26.3 Å². The van der Waals surface area contributed by atoms with Gasteiger partial charge in [-0.05, 0) is 47.0 Å². The van der Waals surface area contributed by atoms with Gasteiger partial charge in [0.25, 0.3) is 5.91 Å². The maximum Gasteiger partial charge on any atom is 0.405 e. The van der Waals surface area contributed by atoms with Crippen molar-refractivity contribution < 1.29 is 40.3 Å². The van der Waals surface area contributed by atoms with Crippen LogP contribution in [0.5, 0.6) is 0 Å². The molecule has 0 aliphatic heterocycles. The van der Waals surface area contributed by atoms with E-state index in [1.807, 2.05) is 0 Å². The lowest BCUT2D eigenvalue weighted by Gasteiger charge is -2.18. The van der Waals surface area contributed by atoms with Crippen LogP contribution >= 0.6 is 23.2 Å². The van der Waals surface area contributed by atoms with Crippen molar-refractivity contribution in [3.8, 4) is 0 Å². The van der Waals surface area contributed by atoms with Crippen LogP contribution in [0.25, 0.3) is 16.8 Å². The van der Waals surface area contributed by atoms with Gasteiger partial charge >= 0.3 is 12.4 Å². The third kappa shape index (κ3) is 7.63. The number of rotatable bonds is 7. The summed E-state index contributed by atoms with van der Waals surface area (Å²) in [4.78, 5) is 24.7. The highest BCUT2D eigenvalue weighted by Gasteiger charge is 2.39. The van der Waals surface area contributed by atoms with Gasteiger partial charge in [0, 0.05) is 5.56 Å². The van der Waals surface area contributed by atoms with Crippen LogP contribution in [0.15, 0.2) is 54.6 Å². The van der Waals surface area contributed by atoms with E-state index in [1.54, 1.807) is 23.5 Å². The number of carbonyl (C=O) groups is 2. The molecule has 13 heteroatoms. The van der Waals surface area contributed by atoms with Crippen LogP contribution in [-0.4, -0.2) is 36.8 Å². The Bertz CT molecular complexity index is 1400. The van der Waals surface area contributed by atoms with E-state index in [-0.39, 0.29) is 11.1 Å². The second kappa shape index (κ2) is 11.8. The molecule has 3 rings (SSSR count). The van der Waals surface area contributed by atoms with Crippen LogP contribution in [0, 0.1) is 5.82 Å². The molecule has 208 valence electrons. The minimum atomic E-state index is -4.78. The Morgan fingerprint density at radius 2 is 1.54 bits per heavy atom. The number of allylic oxidation sites excluding steroid dienone is 1. The summed E-state index contributed by atoms with van der Waals surface area (Å²) >= 11 is 11.4. The maximum atomic E-state index is 13.9. The standard InChI is InChI=1S/C26H19Cl2F7N2O2/c1-13(23(38)36-12-25(30,31)32)37-24(39)18-8-6-14(16-4-2-3-5-17(16)18)7-9-19(26(33,34)35)15-10-20(27)22(29)21(28)11-15/h2-11,13,19H,12H2,1H3,(H,36,38)(H,37,39)/b9-7+. The van der Waals surface area contributed by atoms with E-state index in [0.717, 1.165) is 18.2 Å². The first kappa shape index (κ1) is 30.2. The number of amides is 2. The predicted molar refractivity (Wildman–Crippen MR) is 134 cm³/mol. The average Bonchev–Trinajstić information content (AvgIpc) is 2.84. The molecule has 3 aromatic carbocycles. The summed E-state index contributed by atoms with van der Waals surface area (Å²) < 4.78 is 92.4. The quantitative estimate of drug-likeness (QED) is 0.220. The van der Waals surface area contributed by atoms with Gasteiger partial charge in [-0.1, -0.05) is 65.7 Å². The highest BCUT2D eigenvalue weighted by Crippen LogP contribution is 2.39. The summed E-state index contributed by atoms with van der Waals surface area (Å²) in [6.45, 7) is -0.362. The molecule has 4 nitrogen and oxygen atoms in total. The number of hydrogen-bond donors (Lipinski definition) is 2. The fourth-order valence-electron chi connectivity index (χ4n) is 3.71. The molecule has 39 heavy (non-hydrogen) atoms. The Morgan fingerprint density at radius 1 is 0.949 bits per heavy atom. The van der Waals surface area contributed by atoms with E-state index in [1.165, 1.54) is 31.2 Å². The molecule has 0 aliphatic rings. The number of nitrogens with one attached hydrogen (secondary N) is 2. The Labute approximate surface area is 227 Å². The molecule has 0 saturated carbocycles. The van der Waals surface area contributed by atoms with Gasteiger partial charge < -0.3 is 10.6 Å². The van der Waals surface area contributed by atoms with Gasteiger partial charge in [-0.25, -0.2) is 4.39 Å². The van der Waals surface area contributed by atoms with Crippen molar-refractivity contribution in [2.75, 3.05) is 6.54 Å². The third-order valence-electron chi connectivity index (χ3n) is 5.59. The van der Waals surface area contributed by atoms with Crippen LogP contribution in [-0.2, 0) is 4.79 Å². The van der Waals surface area contributed by atoms with Crippen molar-refractivity contribution in [3.05, 3.63) is 87.2 Å². The zero-order chi connectivity index (χ0) is 29.1. The molecule has 0 aliphatic carbocycles. The molecule has 2 atom stereocenters. The minimum absolute atomic E-state index is 0.0442. The lowest BCUT2D eigenvalue weighted by Crippen LogP contribution is -2.47. The van der Waals surface area contributed by atoms with Gasteiger partial charge in [0.1, 0.15) is 12.6 Å². The summed E-state index contributed by atoms with van der Waals surface area (Å²) in [7, 11) is 0. The fraction of sp³-hybridized carbons (Fsp3) is 0.231. The van der Waals surface area contributed by atoms with Gasteiger partial charge in [0.15, 0.2) is 5.82 Å². The Balaban J connectivity index is 1.92. The summed E-state index contributed by atoms with van der Waals surface area (Å²) in [6, 6.07) is 9.30. The predicted octanol–water partition coefficient (Wildman–Crippen LogP) is 7.44. The lowest BCUT2D eigenvalue weighted by atomic mass is 9.94. The van der Waals surface area contributed by atoms with Crippen LogP contribution in [0.1, 0.15) is 34.3 Å². The molecular weight excluding hydrogens is 576 g/mol. The normalized spacial score (nSPS) is 13.9. The van der Waals surface area contributed by atoms with E-state index in [0.29, 0.717) is 16.3 Å². The summed E-state index contributed by atoms with van der Waals surface area (Å²) in [5.41, 5.74) is -0.0393. The van der Waals surface area contributed by atoms with Gasteiger partial charge in [0.2, 0.25) is 5.91 Å². The molecule has 0 radical (unpaired) electrons. The summed E-state index contributed by atoms with van der Waals surface area (Å²) in [5.74, 6) is -5.06. The first-order chi connectivity index (χ1) is 18.1. The van der Waals surface area contributed by atoms with Gasteiger partial charge in [-0.15, -0.1) is 0 Å². The van der Waals surface area contributed by atoms with Crippen molar-refractivity contribution in [2.45, 2.75) is 31.2 Å². The first-order valence-corrected chi connectivity index (χ1v) is 11.9. The van der Waals surface area contributed by atoms with Crippen molar-refractivity contribution in [1.29, 1.82) is 0 Å². The molecule has 0 saturated heterocycles. The molecule has 2 unspecified atom stereocenters.